The molecule has 0 unspecified atom stereocenters. The van der Waals surface area contributed by atoms with Crippen LogP contribution < -0.4 is 11.2 Å². The lowest BCUT2D eigenvalue weighted by atomic mass is 9.96. The van der Waals surface area contributed by atoms with E-state index in [1.807, 2.05) is 6.07 Å². The van der Waals surface area contributed by atoms with Gasteiger partial charge in [-0.25, -0.2) is 0 Å². The van der Waals surface area contributed by atoms with E-state index in [-0.39, 0.29) is 1.43 Å². The molecule has 0 saturated carbocycles. The lowest BCUT2D eigenvalue weighted by Crippen LogP contribution is -2.01. The summed E-state index contributed by atoms with van der Waals surface area (Å²) in [6.07, 6.45) is 0. The SMILES string of the molecule is [B]c1cccc(N)c1.[HH]. The highest BCUT2D eigenvalue weighted by atomic mass is 14.5. The van der Waals surface area contributed by atoms with Crippen molar-refractivity contribution >= 4 is 19.0 Å². The summed E-state index contributed by atoms with van der Waals surface area (Å²) >= 11 is 0. The second kappa shape index (κ2) is 1.91. The summed E-state index contributed by atoms with van der Waals surface area (Å²) in [6, 6.07) is 7.15. The molecule has 0 heterocycles. The first-order valence-electron chi connectivity index (χ1n) is 2.40. The van der Waals surface area contributed by atoms with Crippen molar-refractivity contribution in [1.29, 1.82) is 0 Å². The monoisotopic (exact) mass is 105 g/mol. The molecule has 0 atom stereocenters. The molecular weight excluding hydrogens is 96.9 g/mol. The van der Waals surface area contributed by atoms with Gasteiger partial charge in [-0.1, -0.05) is 17.6 Å². The normalized spacial score (nSPS) is 9.00. The molecule has 2 N–H and O–H groups in total. The highest BCUT2D eigenvalue weighted by molar-refractivity contribution is 6.32. The van der Waals surface area contributed by atoms with Crippen LogP contribution in [0.15, 0.2) is 24.3 Å². The third kappa shape index (κ3) is 1.03. The van der Waals surface area contributed by atoms with E-state index in [0.29, 0.717) is 11.2 Å². The van der Waals surface area contributed by atoms with E-state index in [2.05, 4.69) is 0 Å². The van der Waals surface area contributed by atoms with Crippen LogP contribution in [0.1, 0.15) is 1.43 Å². The van der Waals surface area contributed by atoms with E-state index in [1.54, 1.807) is 18.2 Å². The van der Waals surface area contributed by atoms with Gasteiger partial charge in [0.2, 0.25) is 0 Å². The molecule has 0 aliphatic heterocycles. The molecule has 40 valence electrons. The second-order valence-electron chi connectivity index (χ2n) is 1.67. The highest BCUT2D eigenvalue weighted by Gasteiger charge is 1.80. The minimum atomic E-state index is 0. The van der Waals surface area contributed by atoms with Gasteiger partial charge in [-0.3, -0.25) is 0 Å². The summed E-state index contributed by atoms with van der Waals surface area (Å²) < 4.78 is 0. The maximum atomic E-state index is 5.38. The summed E-state index contributed by atoms with van der Waals surface area (Å²) in [7, 11) is 5.38. The Morgan fingerprint density at radius 3 is 2.62 bits per heavy atom. The van der Waals surface area contributed by atoms with Crippen molar-refractivity contribution in [3.63, 3.8) is 0 Å². The van der Waals surface area contributed by atoms with Crippen LogP contribution >= 0.6 is 0 Å². The van der Waals surface area contributed by atoms with Crippen molar-refractivity contribution in [3.8, 4) is 0 Å². The molecule has 1 aromatic rings. The van der Waals surface area contributed by atoms with Gasteiger partial charge in [0.25, 0.3) is 0 Å². The minimum absolute atomic E-state index is 0. The van der Waals surface area contributed by atoms with Crippen LogP contribution in [0.25, 0.3) is 0 Å². The quantitative estimate of drug-likeness (QED) is 0.373. The molecule has 0 bridgehead atoms. The molecule has 8 heavy (non-hydrogen) atoms. The second-order valence-corrected chi connectivity index (χ2v) is 1.67. The van der Waals surface area contributed by atoms with Gasteiger partial charge in [-0.15, -0.1) is 0 Å². The van der Waals surface area contributed by atoms with Crippen LogP contribution in [-0.4, -0.2) is 7.85 Å². The maximum Gasteiger partial charge on any atom is 0.113 e. The molecule has 2 radical (unpaired) electrons. The first-order valence-corrected chi connectivity index (χ1v) is 2.40. The van der Waals surface area contributed by atoms with Crippen LogP contribution in [0.5, 0.6) is 0 Å². The maximum absolute atomic E-state index is 5.38. The van der Waals surface area contributed by atoms with E-state index < -0.39 is 0 Å². The van der Waals surface area contributed by atoms with Gasteiger partial charge in [0.1, 0.15) is 7.85 Å². The molecule has 1 rings (SSSR count). The van der Waals surface area contributed by atoms with Crippen molar-refractivity contribution in [2.45, 2.75) is 0 Å². The summed E-state index contributed by atoms with van der Waals surface area (Å²) in [5, 5.41) is 0. The van der Waals surface area contributed by atoms with Gasteiger partial charge in [0.05, 0.1) is 0 Å². The van der Waals surface area contributed by atoms with Gasteiger partial charge < -0.3 is 5.73 Å². The molecule has 0 aliphatic rings. The summed E-state index contributed by atoms with van der Waals surface area (Å²) in [6.45, 7) is 0. The van der Waals surface area contributed by atoms with Gasteiger partial charge in [-0.05, 0) is 12.1 Å². The fraction of sp³-hybridized carbons (Fsp3) is 0. The number of hydrogen-bond donors (Lipinski definition) is 1. The smallest absolute Gasteiger partial charge is 0.113 e. The zero-order valence-corrected chi connectivity index (χ0v) is 4.46. The lowest BCUT2D eigenvalue weighted by molar-refractivity contribution is 1.73. The Hall–Kier alpha value is -0.915. The Balaban J connectivity index is 0.000000640. The number of nitrogens with two attached hydrogens (primary N) is 1. The average molecular weight is 105 g/mol. The Kier molecular flexibility index (Phi) is 1.25. The summed E-state index contributed by atoms with van der Waals surface area (Å²) in [5.74, 6) is 0. The Labute approximate surface area is 51.4 Å². The van der Waals surface area contributed by atoms with Crippen molar-refractivity contribution in [3.05, 3.63) is 24.3 Å². The molecule has 0 aliphatic carbocycles. The minimum Gasteiger partial charge on any atom is -0.399 e. The van der Waals surface area contributed by atoms with Crippen molar-refractivity contribution < 1.29 is 1.43 Å². The van der Waals surface area contributed by atoms with Gasteiger partial charge in [0, 0.05) is 7.11 Å². The largest absolute Gasteiger partial charge is 0.399 e. The molecule has 0 amide bonds. The Bertz CT molecular complexity index is 173. The fourth-order valence-electron chi connectivity index (χ4n) is 0.559. The van der Waals surface area contributed by atoms with E-state index in [9.17, 15) is 0 Å². The third-order valence-corrected chi connectivity index (χ3v) is 0.911. The number of rotatable bonds is 0. The number of benzene rings is 1. The molecule has 2 heteroatoms. The molecule has 0 saturated heterocycles. The first-order chi connectivity index (χ1) is 3.79. The van der Waals surface area contributed by atoms with Crippen LogP contribution in [0.4, 0.5) is 5.69 Å². The van der Waals surface area contributed by atoms with E-state index >= 15 is 0 Å². The molecular formula is C6H8BN. The molecule has 0 spiro atoms. The van der Waals surface area contributed by atoms with Crippen molar-refractivity contribution in [1.82, 2.24) is 0 Å². The van der Waals surface area contributed by atoms with E-state index in [0.717, 1.165) is 0 Å². The van der Waals surface area contributed by atoms with Crippen LogP contribution in [0.2, 0.25) is 0 Å². The molecule has 0 fully saturated rings. The molecule has 1 aromatic carbocycles. The summed E-state index contributed by atoms with van der Waals surface area (Å²) in [5.41, 5.74) is 6.80. The molecule has 1 nitrogen and oxygen atoms in total. The van der Waals surface area contributed by atoms with Gasteiger partial charge >= 0.3 is 0 Å². The predicted octanol–water partition coefficient (Wildman–Crippen LogP) is 0.309. The van der Waals surface area contributed by atoms with Crippen LogP contribution in [-0.2, 0) is 0 Å². The van der Waals surface area contributed by atoms with Gasteiger partial charge in [0.15, 0.2) is 0 Å². The lowest BCUT2D eigenvalue weighted by Gasteiger charge is -1.91. The van der Waals surface area contributed by atoms with Crippen molar-refractivity contribution in [2.24, 2.45) is 0 Å². The summed E-state index contributed by atoms with van der Waals surface area (Å²) in [4.78, 5) is 0. The topological polar surface area (TPSA) is 26.0 Å². The number of nitrogen functional groups attached to an aromatic ring is 1. The predicted molar refractivity (Wildman–Crippen MR) is 38.4 cm³/mol. The average Bonchev–Trinajstić information content (AvgIpc) is 1.64. The third-order valence-electron chi connectivity index (χ3n) is 0.911. The van der Waals surface area contributed by atoms with Gasteiger partial charge in [-0.2, -0.15) is 0 Å². The Morgan fingerprint density at radius 1 is 1.50 bits per heavy atom. The number of hydrogen-bond acceptors (Lipinski definition) is 1. The number of anilines is 1. The molecule has 0 aromatic heterocycles. The fourth-order valence-corrected chi connectivity index (χ4v) is 0.559. The van der Waals surface area contributed by atoms with Crippen LogP contribution in [0, 0.1) is 0 Å². The first kappa shape index (κ1) is 5.23. The van der Waals surface area contributed by atoms with Crippen LogP contribution in [0.3, 0.4) is 0 Å². The van der Waals surface area contributed by atoms with E-state index in [1.165, 1.54) is 0 Å². The Morgan fingerprint density at radius 2 is 2.25 bits per heavy atom. The standard InChI is InChI=1S/C6H6BN.H2/c7-5-2-1-3-6(8)4-5;/h1-4H,8H2;1H. The van der Waals surface area contributed by atoms with Crippen molar-refractivity contribution in [2.75, 3.05) is 5.73 Å². The zero-order valence-electron chi connectivity index (χ0n) is 4.46. The van der Waals surface area contributed by atoms with E-state index in [4.69, 9.17) is 13.6 Å². The highest BCUT2D eigenvalue weighted by Crippen LogP contribution is 1.93. The zero-order chi connectivity index (χ0) is 5.98.